The molecule has 112 valence electrons. The molecule has 1 aliphatic rings. The summed E-state index contributed by atoms with van der Waals surface area (Å²) in [6, 6.07) is 6.54. The molecule has 0 N–H and O–H groups in total. The fourth-order valence-electron chi connectivity index (χ4n) is 2.79. The number of rotatable bonds is 8. The van der Waals surface area contributed by atoms with Crippen molar-refractivity contribution in [2.24, 2.45) is 0 Å². The zero-order valence-electron chi connectivity index (χ0n) is 13.0. The molecule has 0 fully saturated rings. The Morgan fingerprint density at radius 1 is 1.05 bits per heavy atom. The number of fused-ring (bicyclic) bond motifs is 1. The molecule has 0 aromatic heterocycles. The van der Waals surface area contributed by atoms with E-state index in [1.165, 1.54) is 62.5 Å². The molecule has 1 heterocycles. The van der Waals surface area contributed by atoms with Gasteiger partial charge in [0.1, 0.15) is 6.61 Å². The van der Waals surface area contributed by atoms with E-state index >= 15 is 0 Å². The Kier molecular flexibility index (Phi) is 6.38. The van der Waals surface area contributed by atoms with Crippen molar-refractivity contribution in [3.63, 3.8) is 0 Å². The van der Waals surface area contributed by atoms with Gasteiger partial charge in [-0.3, -0.25) is 0 Å². The largest absolute Gasteiger partial charge is 0.337 e. The number of unbranched alkanes of at least 4 members (excludes halogenated alkanes) is 6. The molecule has 1 aliphatic heterocycles. The van der Waals surface area contributed by atoms with Crippen LogP contribution in [0.25, 0.3) is 0 Å². The molecular weight excluding hydrogens is 248 g/mol. The quantitative estimate of drug-likeness (QED) is 0.467. The standard InChI is InChI=1S/C18H28O2/c1-3-4-5-6-7-8-9-10-16-11-12-18-17(13-16)15(2)14-19-20-18/h11-13,15H,3-10,14H2,1-2H3. The highest BCUT2D eigenvalue weighted by molar-refractivity contribution is 5.40. The second-order valence-corrected chi connectivity index (χ2v) is 6.01. The van der Waals surface area contributed by atoms with E-state index in [1.807, 2.05) is 0 Å². The second-order valence-electron chi connectivity index (χ2n) is 6.01. The molecule has 1 atom stereocenters. The summed E-state index contributed by atoms with van der Waals surface area (Å²) in [6.07, 6.45) is 10.8. The zero-order valence-corrected chi connectivity index (χ0v) is 13.0. The molecule has 0 aliphatic carbocycles. The molecule has 1 aromatic rings. The summed E-state index contributed by atoms with van der Waals surface area (Å²) in [4.78, 5) is 10.3. The van der Waals surface area contributed by atoms with E-state index in [4.69, 9.17) is 9.78 Å². The SMILES string of the molecule is CCCCCCCCCc1ccc2c(c1)C(C)COO2. The molecular formula is C18H28O2. The monoisotopic (exact) mass is 276 g/mol. The third-order valence-electron chi connectivity index (χ3n) is 4.14. The normalized spacial score (nSPS) is 17.6. The van der Waals surface area contributed by atoms with Gasteiger partial charge in [-0.2, -0.15) is 4.89 Å². The Bertz CT molecular complexity index is 400. The van der Waals surface area contributed by atoms with Crippen LogP contribution in [-0.2, 0) is 11.3 Å². The molecule has 20 heavy (non-hydrogen) atoms. The van der Waals surface area contributed by atoms with Crippen molar-refractivity contribution >= 4 is 0 Å². The predicted molar refractivity (Wildman–Crippen MR) is 83.1 cm³/mol. The summed E-state index contributed by atoms with van der Waals surface area (Å²) < 4.78 is 0. The summed E-state index contributed by atoms with van der Waals surface area (Å²) in [5, 5.41) is 0. The third-order valence-corrected chi connectivity index (χ3v) is 4.14. The minimum Gasteiger partial charge on any atom is -0.337 e. The maximum absolute atomic E-state index is 5.23. The molecule has 1 unspecified atom stereocenters. The molecule has 0 radical (unpaired) electrons. The van der Waals surface area contributed by atoms with Crippen LogP contribution in [0.1, 0.15) is 75.8 Å². The summed E-state index contributed by atoms with van der Waals surface area (Å²) in [7, 11) is 0. The van der Waals surface area contributed by atoms with Gasteiger partial charge in [-0.1, -0.05) is 64.5 Å². The van der Waals surface area contributed by atoms with E-state index in [1.54, 1.807) is 0 Å². The summed E-state index contributed by atoms with van der Waals surface area (Å²) >= 11 is 0. The average molecular weight is 276 g/mol. The number of hydrogen-bond donors (Lipinski definition) is 0. The molecule has 0 saturated carbocycles. The van der Waals surface area contributed by atoms with E-state index in [-0.39, 0.29) is 0 Å². The lowest BCUT2D eigenvalue weighted by molar-refractivity contribution is -0.220. The summed E-state index contributed by atoms with van der Waals surface area (Å²) in [5.74, 6) is 1.33. The van der Waals surface area contributed by atoms with Crippen molar-refractivity contribution in [2.45, 2.75) is 71.1 Å². The molecule has 2 rings (SSSR count). The van der Waals surface area contributed by atoms with Gasteiger partial charge < -0.3 is 4.89 Å². The van der Waals surface area contributed by atoms with E-state index < -0.39 is 0 Å². The van der Waals surface area contributed by atoms with Crippen LogP contribution in [0.15, 0.2) is 18.2 Å². The second kappa shape index (κ2) is 8.31. The fourth-order valence-corrected chi connectivity index (χ4v) is 2.79. The highest BCUT2D eigenvalue weighted by Crippen LogP contribution is 2.32. The average Bonchev–Trinajstić information content (AvgIpc) is 2.47. The van der Waals surface area contributed by atoms with Gasteiger partial charge in [-0.05, 0) is 24.5 Å². The van der Waals surface area contributed by atoms with Crippen LogP contribution in [-0.4, -0.2) is 6.61 Å². The summed E-state index contributed by atoms with van der Waals surface area (Å²) in [6.45, 7) is 5.12. The van der Waals surface area contributed by atoms with Crippen LogP contribution < -0.4 is 4.89 Å². The van der Waals surface area contributed by atoms with Crippen molar-refractivity contribution < 1.29 is 9.78 Å². The Balaban J connectivity index is 1.72. The first kappa shape index (κ1) is 15.4. The first-order valence-corrected chi connectivity index (χ1v) is 8.23. The maximum Gasteiger partial charge on any atom is 0.168 e. The molecule has 2 nitrogen and oxygen atoms in total. The van der Waals surface area contributed by atoms with E-state index in [2.05, 4.69) is 32.0 Å². The smallest absolute Gasteiger partial charge is 0.168 e. The van der Waals surface area contributed by atoms with E-state index in [0.717, 1.165) is 5.75 Å². The Labute approximate surface area is 123 Å². The minimum atomic E-state index is 0.438. The summed E-state index contributed by atoms with van der Waals surface area (Å²) in [5.41, 5.74) is 2.74. The molecule has 0 spiro atoms. The molecule has 0 amide bonds. The van der Waals surface area contributed by atoms with Crippen molar-refractivity contribution in [1.82, 2.24) is 0 Å². The number of benzene rings is 1. The Morgan fingerprint density at radius 3 is 2.60 bits per heavy atom. The van der Waals surface area contributed by atoms with Gasteiger partial charge in [0.05, 0.1) is 0 Å². The molecule has 1 aromatic carbocycles. The van der Waals surface area contributed by atoms with Crippen molar-refractivity contribution in [3.8, 4) is 5.75 Å². The lowest BCUT2D eigenvalue weighted by Gasteiger charge is -2.22. The van der Waals surface area contributed by atoms with Gasteiger partial charge >= 0.3 is 0 Å². The first-order valence-electron chi connectivity index (χ1n) is 8.23. The zero-order chi connectivity index (χ0) is 14.2. The third kappa shape index (κ3) is 4.52. The van der Waals surface area contributed by atoms with Crippen LogP contribution in [0.2, 0.25) is 0 Å². The van der Waals surface area contributed by atoms with Crippen LogP contribution in [0.3, 0.4) is 0 Å². The Hall–Kier alpha value is -1.02. The highest BCUT2D eigenvalue weighted by atomic mass is 17.2. The molecule has 0 saturated heterocycles. The fraction of sp³-hybridized carbons (Fsp3) is 0.667. The molecule has 0 bridgehead atoms. The topological polar surface area (TPSA) is 18.5 Å². The lowest BCUT2D eigenvalue weighted by Crippen LogP contribution is -2.15. The number of hydrogen-bond acceptors (Lipinski definition) is 2. The van der Waals surface area contributed by atoms with Gasteiger partial charge in [-0.25, -0.2) is 0 Å². The van der Waals surface area contributed by atoms with Gasteiger partial charge in [0.2, 0.25) is 0 Å². The van der Waals surface area contributed by atoms with Gasteiger partial charge in [-0.15, -0.1) is 0 Å². The van der Waals surface area contributed by atoms with Crippen LogP contribution in [0.5, 0.6) is 5.75 Å². The van der Waals surface area contributed by atoms with Crippen LogP contribution in [0, 0.1) is 0 Å². The van der Waals surface area contributed by atoms with Gasteiger partial charge in [0.25, 0.3) is 0 Å². The minimum absolute atomic E-state index is 0.438. The lowest BCUT2D eigenvalue weighted by atomic mass is 9.96. The van der Waals surface area contributed by atoms with Gasteiger partial charge in [0, 0.05) is 11.5 Å². The van der Waals surface area contributed by atoms with Crippen molar-refractivity contribution in [1.29, 1.82) is 0 Å². The van der Waals surface area contributed by atoms with E-state index in [9.17, 15) is 0 Å². The van der Waals surface area contributed by atoms with Crippen LogP contribution in [0.4, 0.5) is 0 Å². The highest BCUT2D eigenvalue weighted by Gasteiger charge is 2.19. The van der Waals surface area contributed by atoms with Crippen molar-refractivity contribution in [3.05, 3.63) is 29.3 Å². The predicted octanol–water partition coefficient (Wildman–Crippen LogP) is 5.41. The van der Waals surface area contributed by atoms with Crippen molar-refractivity contribution in [2.75, 3.05) is 6.61 Å². The van der Waals surface area contributed by atoms with E-state index in [0.29, 0.717) is 12.5 Å². The van der Waals surface area contributed by atoms with Crippen LogP contribution >= 0.6 is 0 Å². The number of aryl methyl sites for hydroxylation is 1. The van der Waals surface area contributed by atoms with Gasteiger partial charge in [0.15, 0.2) is 5.75 Å². The first-order chi connectivity index (χ1) is 9.81. The molecule has 2 heteroatoms. The maximum atomic E-state index is 5.23. The Morgan fingerprint density at radius 2 is 1.80 bits per heavy atom.